The zero-order valence-corrected chi connectivity index (χ0v) is 18.1. The summed E-state index contributed by atoms with van der Waals surface area (Å²) >= 11 is 1.39. The lowest BCUT2D eigenvalue weighted by molar-refractivity contribution is 0.112. The molecule has 3 aliphatic rings. The van der Waals surface area contributed by atoms with Gasteiger partial charge in [0.25, 0.3) is 5.19 Å². The molecule has 2 aliphatic heterocycles. The largest absolute Gasteiger partial charge is 0.507 e. The first kappa shape index (κ1) is 18.3. The maximum atomic E-state index is 10.6. The lowest BCUT2D eigenvalue weighted by Crippen LogP contribution is -2.48. The van der Waals surface area contributed by atoms with Crippen molar-refractivity contribution in [2.24, 2.45) is 17.3 Å². The van der Waals surface area contributed by atoms with Crippen molar-refractivity contribution in [3.05, 3.63) is 36.2 Å². The van der Waals surface area contributed by atoms with Crippen LogP contribution in [0.3, 0.4) is 0 Å². The van der Waals surface area contributed by atoms with Gasteiger partial charge in [0.05, 0.1) is 16.9 Å². The van der Waals surface area contributed by atoms with Crippen LogP contribution in [-0.4, -0.2) is 43.3 Å². The molecule has 30 heavy (non-hydrogen) atoms. The van der Waals surface area contributed by atoms with Gasteiger partial charge in [0.2, 0.25) is 0 Å². The maximum Gasteiger partial charge on any atom is 0.294 e. The molecule has 1 aliphatic carbocycles. The molecule has 2 saturated heterocycles. The Balaban J connectivity index is 1.18. The zero-order chi connectivity index (χ0) is 20.6. The van der Waals surface area contributed by atoms with Gasteiger partial charge in [-0.05, 0) is 42.4 Å². The van der Waals surface area contributed by atoms with Crippen LogP contribution in [0.2, 0.25) is 0 Å². The Bertz CT molecular complexity index is 1130. The van der Waals surface area contributed by atoms with Gasteiger partial charge in [-0.15, -0.1) is 5.10 Å². The third-order valence-electron chi connectivity index (χ3n) is 7.62. The lowest BCUT2D eigenvalue weighted by Gasteiger charge is -2.34. The molecule has 3 aromatic rings. The molecular weight excluding hydrogens is 398 g/mol. The van der Waals surface area contributed by atoms with Crippen molar-refractivity contribution < 1.29 is 9.84 Å². The molecule has 0 amide bonds. The molecule has 6 rings (SSSR count). The van der Waals surface area contributed by atoms with Gasteiger partial charge in [0, 0.05) is 37.2 Å². The number of aromatic hydroxyl groups is 1. The summed E-state index contributed by atoms with van der Waals surface area (Å²) < 4.78 is 7.97. The Morgan fingerprint density at radius 2 is 2.13 bits per heavy atom. The van der Waals surface area contributed by atoms with Crippen molar-refractivity contribution in [1.82, 2.24) is 25.3 Å². The fraction of sp³-hybridized carbons (Fsp3) is 0.500. The second kappa shape index (κ2) is 6.28. The van der Waals surface area contributed by atoms with Gasteiger partial charge in [-0.3, -0.25) is 0 Å². The summed E-state index contributed by atoms with van der Waals surface area (Å²) in [7, 11) is 0. The van der Waals surface area contributed by atoms with E-state index in [0.29, 0.717) is 33.3 Å². The Labute approximate surface area is 179 Å². The first-order chi connectivity index (χ1) is 14.4. The smallest absolute Gasteiger partial charge is 0.294 e. The minimum atomic E-state index is 0.158. The fourth-order valence-corrected chi connectivity index (χ4v) is 6.65. The van der Waals surface area contributed by atoms with Crippen molar-refractivity contribution >= 4 is 11.3 Å². The van der Waals surface area contributed by atoms with E-state index in [1.54, 1.807) is 10.7 Å². The van der Waals surface area contributed by atoms with E-state index in [0.717, 1.165) is 36.1 Å². The number of nitrogens with one attached hydrogen (secondary N) is 1. The second-order valence-electron chi connectivity index (χ2n) is 9.19. The van der Waals surface area contributed by atoms with Gasteiger partial charge in [-0.2, -0.15) is 5.10 Å². The average Bonchev–Trinajstić information content (AvgIpc) is 3.14. The predicted octanol–water partition coefficient (Wildman–Crippen LogP) is 3.56. The van der Waals surface area contributed by atoms with Crippen LogP contribution in [0.25, 0.3) is 16.3 Å². The molecule has 1 saturated carbocycles. The summed E-state index contributed by atoms with van der Waals surface area (Å²) in [6.45, 7) is 6.74. The maximum absolute atomic E-state index is 10.6. The van der Waals surface area contributed by atoms with Crippen LogP contribution in [0.1, 0.15) is 32.4 Å². The van der Waals surface area contributed by atoms with E-state index < -0.39 is 0 Å². The first-order valence-corrected chi connectivity index (χ1v) is 11.4. The summed E-state index contributed by atoms with van der Waals surface area (Å²) in [6, 6.07) is 8.49. The standard InChI is InChI=1S/C22H25N5O2S/c1-11-6-7-27(26-11)13-4-5-15(17(28)8-13)20-24-25-21(30-20)29-14-9-16-19-12(2)22(19,3)18(10-14)23-16/h4-8,12,14,16,18-19,23,28H,9-10H2,1-3H3. The van der Waals surface area contributed by atoms with E-state index in [-0.39, 0.29) is 11.9 Å². The highest BCUT2D eigenvalue weighted by atomic mass is 32.1. The summed E-state index contributed by atoms with van der Waals surface area (Å²) in [6.07, 6.45) is 4.10. The monoisotopic (exact) mass is 423 g/mol. The van der Waals surface area contributed by atoms with E-state index in [4.69, 9.17) is 4.74 Å². The van der Waals surface area contributed by atoms with Crippen LogP contribution < -0.4 is 10.1 Å². The summed E-state index contributed by atoms with van der Waals surface area (Å²) in [5.41, 5.74) is 2.83. The number of aromatic nitrogens is 4. The SMILES string of the molecule is Cc1ccn(-c2ccc(-c3nnc(OC4CC5NC(C4)C4(C)C(C)C54)s3)c(O)c2)n1. The Morgan fingerprint density at radius 1 is 1.27 bits per heavy atom. The van der Waals surface area contributed by atoms with Crippen molar-refractivity contribution in [2.45, 2.75) is 51.8 Å². The topological polar surface area (TPSA) is 85.1 Å². The molecule has 0 spiro atoms. The highest BCUT2D eigenvalue weighted by Crippen LogP contribution is 2.68. The van der Waals surface area contributed by atoms with Crippen LogP contribution in [-0.2, 0) is 0 Å². The van der Waals surface area contributed by atoms with Gasteiger partial charge in [0.15, 0.2) is 5.01 Å². The van der Waals surface area contributed by atoms with E-state index in [9.17, 15) is 5.11 Å². The highest BCUT2D eigenvalue weighted by Gasteiger charge is 2.71. The van der Waals surface area contributed by atoms with Gasteiger partial charge in [-0.25, -0.2) is 4.68 Å². The van der Waals surface area contributed by atoms with E-state index in [2.05, 4.69) is 34.5 Å². The third kappa shape index (κ3) is 2.63. The quantitative estimate of drug-likeness (QED) is 0.667. The van der Waals surface area contributed by atoms with E-state index >= 15 is 0 Å². The summed E-state index contributed by atoms with van der Waals surface area (Å²) in [5, 5.41) is 28.5. The van der Waals surface area contributed by atoms with E-state index in [1.807, 2.05) is 31.3 Å². The lowest BCUT2D eigenvalue weighted by atomic mass is 9.90. The number of hydrogen-bond acceptors (Lipinski definition) is 7. The number of phenols is 1. The number of hydrogen-bond donors (Lipinski definition) is 2. The van der Waals surface area contributed by atoms with Crippen LogP contribution in [0.5, 0.6) is 10.9 Å². The molecule has 6 unspecified atom stereocenters. The van der Waals surface area contributed by atoms with Crippen LogP contribution in [0, 0.1) is 24.2 Å². The minimum Gasteiger partial charge on any atom is -0.507 e. The molecule has 6 atom stereocenters. The molecule has 156 valence electrons. The molecule has 3 fully saturated rings. The Hall–Kier alpha value is -2.45. The zero-order valence-electron chi connectivity index (χ0n) is 17.2. The molecule has 7 nitrogen and oxygen atoms in total. The molecule has 1 aromatic carbocycles. The number of aryl methyl sites for hydroxylation is 1. The number of piperidine rings is 2. The normalized spacial score (nSPS) is 34.0. The average molecular weight is 424 g/mol. The Kier molecular flexibility index (Phi) is 3.83. The number of ether oxygens (including phenoxy) is 1. The van der Waals surface area contributed by atoms with Crippen molar-refractivity contribution in [2.75, 3.05) is 0 Å². The summed E-state index contributed by atoms with van der Waals surface area (Å²) in [4.78, 5) is 0. The Morgan fingerprint density at radius 3 is 2.87 bits per heavy atom. The number of rotatable bonds is 4. The molecule has 2 aromatic heterocycles. The van der Waals surface area contributed by atoms with E-state index in [1.165, 1.54) is 11.3 Å². The van der Waals surface area contributed by atoms with Gasteiger partial charge in [0.1, 0.15) is 11.9 Å². The van der Waals surface area contributed by atoms with Gasteiger partial charge >= 0.3 is 0 Å². The summed E-state index contributed by atoms with van der Waals surface area (Å²) in [5.74, 6) is 1.76. The second-order valence-corrected chi connectivity index (χ2v) is 10.1. The minimum absolute atomic E-state index is 0.158. The number of fused-ring (bicyclic) bond motifs is 5. The number of nitrogens with zero attached hydrogens (tertiary/aromatic N) is 4. The number of benzene rings is 1. The molecule has 0 radical (unpaired) electrons. The third-order valence-corrected chi connectivity index (χ3v) is 8.46. The molecule has 2 N–H and O–H groups in total. The fourth-order valence-electron chi connectivity index (χ4n) is 5.85. The van der Waals surface area contributed by atoms with Gasteiger partial charge in [-0.1, -0.05) is 30.3 Å². The van der Waals surface area contributed by atoms with Crippen LogP contribution in [0.4, 0.5) is 0 Å². The number of phenolic OH excluding ortho intramolecular Hbond substituents is 1. The molecule has 4 heterocycles. The van der Waals surface area contributed by atoms with Crippen LogP contribution in [0.15, 0.2) is 30.5 Å². The van der Waals surface area contributed by atoms with Crippen LogP contribution >= 0.6 is 11.3 Å². The van der Waals surface area contributed by atoms with Crippen molar-refractivity contribution in [1.29, 1.82) is 0 Å². The van der Waals surface area contributed by atoms with Crippen molar-refractivity contribution in [3.8, 4) is 27.2 Å². The first-order valence-electron chi connectivity index (χ1n) is 10.6. The molecular formula is C22H25N5O2S. The molecule has 2 bridgehead atoms. The molecule has 8 heteroatoms. The predicted molar refractivity (Wildman–Crippen MR) is 114 cm³/mol. The van der Waals surface area contributed by atoms with Gasteiger partial charge < -0.3 is 15.2 Å². The highest BCUT2D eigenvalue weighted by molar-refractivity contribution is 7.16. The van der Waals surface area contributed by atoms with Crippen molar-refractivity contribution in [3.63, 3.8) is 0 Å².